The van der Waals surface area contributed by atoms with Crippen molar-refractivity contribution in [3.05, 3.63) is 35.4 Å². The fraction of sp³-hybridized carbons (Fsp3) is 0.364. The first-order valence-electron chi connectivity index (χ1n) is 5.31. The molecule has 3 N–H and O–H groups in total. The van der Waals surface area contributed by atoms with Crippen LogP contribution in [0.15, 0.2) is 24.3 Å². The zero-order valence-electron chi connectivity index (χ0n) is 9.22. The number of sulfonamides is 1. The van der Waals surface area contributed by atoms with Gasteiger partial charge in [-0.25, -0.2) is 13.1 Å². The molecule has 0 saturated carbocycles. The molecule has 1 aromatic carbocycles. The topological polar surface area (TPSA) is 72.2 Å². The fourth-order valence-corrected chi connectivity index (χ4v) is 3.72. The molecule has 0 amide bonds. The maximum absolute atomic E-state index is 11.7. The highest BCUT2D eigenvalue weighted by Crippen LogP contribution is 2.21. The van der Waals surface area contributed by atoms with Gasteiger partial charge in [0.2, 0.25) is 10.0 Å². The highest BCUT2D eigenvalue weighted by atomic mass is 32.2. The average molecular weight is 270 g/mol. The molecule has 92 valence electrons. The van der Waals surface area contributed by atoms with Crippen molar-refractivity contribution in [1.82, 2.24) is 4.72 Å². The van der Waals surface area contributed by atoms with Crippen molar-refractivity contribution >= 4 is 27.2 Å². The number of rotatable bonds is 4. The van der Waals surface area contributed by atoms with Gasteiger partial charge in [0, 0.05) is 6.04 Å². The number of thiocarbonyl (C=S) groups is 1. The van der Waals surface area contributed by atoms with Crippen molar-refractivity contribution < 1.29 is 8.42 Å². The normalized spacial score (nSPS) is 15.8. The minimum Gasteiger partial charge on any atom is -0.392 e. The van der Waals surface area contributed by atoms with Crippen LogP contribution in [0.1, 0.15) is 11.1 Å². The number of nitrogens with one attached hydrogen (secondary N) is 1. The molecular weight excluding hydrogens is 256 g/mol. The Bertz CT molecular complexity index is 515. The summed E-state index contributed by atoms with van der Waals surface area (Å²) in [5.74, 6) is -0.283. The zero-order chi connectivity index (χ0) is 12.5. The van der Waals surface area contributed by atoms with E-state index in [0.29, 0.717) is 0 Å². The Morgan fingerprint density at radius 1 is 1.35 bits per heavy atom. The third-order valence-electron chi connectivity index (χ3n) is 2.73. The molecule has 1 aliphatic rings. The van der Waals surface area contributed by atoms with Crippen LogP contribution in [0, 0.1) is 0 Å². The Hall–Kier alpha value is -0.980. The molecule has 0 fully saturated rings. The second-order valence-electron chi connectivity index (χ2n) is 4.22. The first-order chi connectivity index (χ1) is 7.96. The molecule has 0 heterocycles. The van der Waals surface area contributed by atoms with Crippen molar-refractivity contribution in [2.24, 2.45) is 5.73 Å². The monoisotopic (exact) mass is 270 g/mol. The Morgan fingerprint density at radius 2 is 1.88 bits per heavy atom. The molecule has 2 rings (SSSR count). The van der Waals surface area contributed by atoms with Crippen LogP contribution < -0.4 is 10.5 Å². The van der Waals surface area contributed by atoms with Gasteiger partial charge in [0.25, 0.3) is 0 Å². The van der Waals surface area contributed by atoms with Crippen LogP contribution >= 0.6 is 12.2 Å². The van der Waals surface area contributed by atoms with E-state index < -0.39 is 10.0 Å². The second kappa shape index (κ2) is 4.72. The Kier molecular flexibility index (Phi) is 3.46. The molecule has 17 heavy (non-hydrogen) atoms. The first kappa shape index (κ1) is 12.5. The van der Waals surface area contributed by atoms with Gasteiger partial charge in [0.15, 0.2) is 0 Å². The van der Waals surface area contributed by atoms with Gasteiger partial charge < -0.3 is 5.73 Å². The standard InChI is InChI=1S/C11H14N2O2S2/c12-11(16)7-17(14,15)13-10-5-8-3-1-2-4-9(8)6-10/h1-4,10,13H,5-7H2,(H2,12,16). The molecule has 0 radical (unpaired) electrons. The maximum Gasteiger partial charge on any atom is 0.218 e. The molecular formula is C11H14N2O2S2. The van der Waals surface area contributed by atoms with Crippen molar-refractivity contribution in [2.75, 3.05) is 5.75 Å². The fourth-order valence-electron chi connectivity index (χ4n) is 2.13. The molecule has 0 saturated heterocycles. The van der Waals surface area contributed by atoms with Crippen LogP contribution in [-0.4, -0.2) is 25.2 Å². The average Bonchev–Trinajstić information content (AvgIpc) is 2.55. The van der Waals surface area contributed by atoms with E-state index in [0.717, 1.165) is 12.8 Å². The minimum absolute atomic E-state index is 0.00647. The van der Waals surface area contributed by atoms with E-state index in [9.17, 15) is 8.42 Å². The summed E-state index contributed by atoms with van der Waals surface area (Å²) in [5, 5.41) is 0. The van der Waals surface area contributed by atoms with Crippen LogP contribution in [0.2, 0.25) is 0 Å². The van der Waals surface area contributed by atoms with Crippen molar-refractivity contribution in [1.29, 1.82) is 0 Å². The summed E-state index contributed by atoms with van der Waals surface area (Å²) in [6.45, 7) is 0. The van der Waals surface area contributed by atoms with Gasteiger partial charge in [0.05, 0.1) is 4.99 Å². The molecule has 0 spiro atoms. The van der Waals surface area contributed by atoms with Crippen LogP contribution in [0.5, 0.6) is 0 Å². The predicted octanol–water partition coefficient (Wildman–Crippen LogP) is 0.359. The number of hydrogen-bond acceptors (Lipinski definition) is 3. The van der Waals surface area contributed by atoms with Gasteiger partial charge in [0.1, 0.15) is 5.75 Å². The van der Waals surface area contributed by atoms with E-state index in [1.807, 2.05) is 24.3 Å². The highest BCUT2D eigenvalue weighted by molar-refractivity contribution is 7.92. The summed E-state index contributed by atoms with van der Waals surface area (Å²) in [4.78, 5) is -0.00647. The van der Waals surface area contributed by atoms with Gasteiger partial charge in [-0.1, -0.05) is 36.5 Å². The van der Waals surface area contributed by atoms with Crippen molar-refractivity contribution in [3.63, 3.8) is 0 Å². The van der Waals surface area contributed by atoms with E-state index in [-0.39, 0.29) is 16.8 Å². The van der Waals surface area contributed by atoms with Gasteiger partial charge in [-0.3, -0.25) is 0 Å². The molecule has 0 aromatic heterocycles. The van der Waals surface area contributed by atoms with Gasteiger partial charge in [-0.05, 0) is 24.0 Å². The molecule has 1 aliphatic carbocycles. The summed E-state index contributed by atoms with van der Waals surface area (Å²) in [7, 11) is -3.40. The lowest BCUT2D eigenvalue weighted by Gasteiger charge is -2.11. The Balaban J connectivity index is 2.03. The molecule has 0 aliphatic heterocycles. The van der Waals surface area contributed by atoms with Crippen LogP contribution in [0.25, 0.3) is 0 Å². The molecule has 4 nitrogen and oxygen atoms in total. The maximum atomic E-state index is 11.7. The number of hydrogen-bond donors (Lipinski definition) is 2. The van der Waals surface area contributed by atoms with E-state index >= 15 is 0 Å². The van der Waals surface area contributed by atoms with Crippen LogP contribution in [0.4, 0.5) is 0 Å². The van der Waals surface area contributed by atoms with Gasteiger partial charge in [-0.2, -0.15) is 0 Å². The quantitative estimate of drug-likeness (QED) is 0.775. The lowest BCUT2D eigenvalue weighted by Crippen LogP contribution is -2.39. The lowest BCUT2D eigenvalue weighted by molar-refractivity contribution is 0.559. The van der Waals surface area contributed by atoms with E-state index in [1.54, 1.807) is 0 Å². The van der Waals surface area contributed by atoms with E-state index in [1.165, 1.54) is 11.1 Å². The molecule has 0 bridgehead atoms. The van der Waals surface area contributed by atoms with Crippen molar-refractivity contribution in [3.8, 4) is 0 Å². The minimum atomic E-state index is -3.40. The molecule has 0 unspecified atom stereocenters. The summed E-state index contributed by atoms with van der Waals surface area (Å²) in [6, 6.07) is 7.90. The molecule has 0 atom stereocenters. The molecule has 1 aromatic rings. The Labute approximate surface area is 106 Å². The smallest absolute Gasteiger partial charge is 0.218 e. The van der Waals surface area contributed by atoms with Crippen molar-refractivity contribution in [2.45, 2.75) is 18.9 Å². The third-order valence-corrected chi connectivity index (χ3v) is 4.44. The SMILES string of the molecule is NC(=S)CS(=O)(=O)NC1Cc2ccccc2C1. The number of nitrogens with two attached hydrogens (primary N) is 1. The summed E-state index contributed by atoms with van der Waals surface area (Å²) >= 11 is 4.61. The largest absolute Gasteiger partial charge is 0.392 e. The zero-order valence-corrected chi connectivity index (χ0v) is 10.9. The second-order valence-corrected chi connectivity index (χ2v) is 6.50. The highest BCUT2D eigenvalue weighted by Gasteiger charge is 2.25. The van der Waals surface area contributed by atoms with E-state index in [4.69, 9.17) is 5.73 Å². The lowest BCUT2D eigenvalue weighted by atomic mass is 10.1. The summed E-state index contributed by atoms with van der Waals surface area (Å²) in [5.41, 5.74) is 7.66. The summed E-state index contributed by atoms with van der Waals surface area (Å²) < 4.78 is 26.0. The third kappa shape index (κ3) is 3.24. The predicted molar refractivity (Wildman–Crippen MR) is 71.3 cm³/mol. The number of fused-ring (bicyclic) bond motifs is 1. The molecule has 6 heteroatoms. The van der Waals surface area contributed by atoms with Gasteiger partial charge >= 0.3 is 0 Å². The first-order valence-corrected chi connectivity index (χ1v) is 7.37. The van der Waals surface area contributed by atoms with E-state index in [2.05, 4.69) is 16.9 Å². The van der Waals surface area contributed by atoms with Gasteiger partial charge in [-0.15, -0.1) is 0 Å². The summed E-state index contributed by atoms with van der Waals surface area (Å²) in [6.07, 6.45) is 1.46. The number of benzene rings is 1. The Morgan fingerprint density at radius 3 is 2.35 bits per heavy atom. The van der Waals surface area contributed by atoms with Crippen LogP contribution in [0.3, 0.4) is 0 Å². The van der Waals surface area contributed by atoms with Crippen LogP contribution in [-0.2, 0) is 22.9 Å².